The molecule has 4 nitrogen and oxygen atoms in total. The van der Waals surface area contributed by atoms with Gasteiger partial charge >= 0.3 is 0 Å². The van der Waals surface area contributed by atoms with Crippen LogP contribution in [0.5, 0.6) is 5.75 Å². The summed E-state index contributed by atoms with van der Waals surface area (Å²) in [6, 6.07) is 10.2. The van der Waals surface area contributed by atoms with Crippen molar-refractivity contribution in [3.8, 4) is 17.0 Å². The minimum Gasteiger partial charge on any atom is -0.496 e. The molecule has 0 spiro atoms. The van der Waals surface area contributed by atoms with Crippen molar-refractivity contribution in [1.29, 1.82) is 0 Å². The van der Waals surface area contributed by atoms with Gasteiger partial charge in [0.2, 0.25) is 0 Å². The number of pyridine rings is 1. The normalized spacial score (nSPS) is 15.6. The van der Waals surface area contributed by atoms with E-state index in [2.05, 4.69) is 28.9 Å². The molecule has 1 aromatic carbocycles. The molecule has 0 saturated carbocycles. The van der Waals surface area contributed by atoms with Crippen LogP contribution in [0.2, 0.25) is 0 Å². The van der Waals surface area contributed by atoms with Gasteiger partial charge in [-0.2, -0.15) is 0 Å². The van der Waals surface area contributed by atoms with Crippen molar-refractivity contribution in [2.45, 2.75) is 45.4 Å². The Kier molecular flexibility index (Phi) is 6.51. The lowest BCUT2D eigenvalue weighted by atomic mass is 9.96. The van der Waals surface area contributed by atoms with Gasteiger partial charge in [-0.05, 0) is 74.2 Å². The zero-order valence-corrected chi connectivity index (χ0v) is 16.1. The Labute approximate surface area is 157 Å². The predicted molar refractivity (Wildman–Crippen MR) is 109 cm³/mol. The van der Waals surface area contributed by atoms with E-state index >= 15 is 0 Å². The maximum absolute atomic E-state index is 5.87. The first-order valence-corrected chi connectivity index (χ1v) is 9.86. The molecule has 1 saturated heterocycles. The third-order valence-electron chi connectivity index (χ3n) is 5.35. The number of benzene rings is 1. The first kappa shape index (κ1) is 18.7. The molecule has 140 valence electrons. The van der Waals surface area contributed by atoms with Crippen LogP contribution in [-0.4, -0.2) is 36.6 Å². The van der Waals surface area contributed by atoms with E-state index in [1.807, 2.05) is 18.2 Å². The van der Waals surface area contributed by atoms with Crippen LogP contribution in [0.1, 0.15) is 43.7 Å². The minimum atomic E-state index is 0.535. The average Bonchev–Trinajstić information content (AvgIpc) is 2.94. The Hall–Kier alpha value is -2.07. The first-order valence-electron chi connectivity index (χ1n) is 9.86. The van der Waals surface area contributed by atoms with Crippen LogP contribution in [0.4, 0.5) is 5.82 Å². The number of hydrogen-bond acceptors (Lipinski definition) is 4. The lowest BCUT2D eigenvalue weighted by molar-refractivity contribution is 0.288. The summed E-state index contributed by atoms with van der Waals surface area (Å²) in [6.45, 7) is 5.83. The van der Waals surface area contributed by atoms with E-state index in [1.54, 1.807) is 7.11 Å². The molecule has 1 aliphatic rings. The Morgan fingerprint density at radius 3 is 2.50 bits per heavy atom. The summed E-state index contributed by atoms with van der Waals surface area (Å²) in [5, 5.41) is 0. The molecule has 0 atom stereocenters. The summed E-state index contributed by atoms with van der Waals surface area (Å²) >= 11 is 0. The summed E-state index contributed by atoms with van der Waals surface area (Å²) in [4.78, 5) is 7.09. The van der Waals surface area contributed by atoms with Crippen molar-refractivity contribution in [3.63, 3.8) is 0 Å². The number of hydrogen-bond donors (Lipinski definition) is 1. The largest absolute Gasteiger partial charge is 0.496 e. The van der Waals surface area contributed by atoms with Crippen LogP contribution < -0.4 is 10.5 Å². The SMILES string of the molecule is CCc1cc(-c2cccc(N)n2)c(OC)cc1CCN1CCCCCC1. The van der Waals surface area contributed by atoms with Crippen LogP contribution >= 0.6 is 0 Å². The molecule has 0 amide bonds. The second-order valence-corrected chi connectivity index (χ2v) is 7.13. The van der Waals surface area contributed by atoms with Gasteiger partial charge in [-0.25, -0.2) is 4.98 Å². The second kappa shape index (κ2) is 9.04. The monoisotopic (exact) mass is 353 g/mol. The first-order chi connectivity index (χ1) is 12.7. The number of aryl methyl sites for hydroxylation is 1. The fraction of sp³-hybridized carbons (Fsp3) is 0.500. The van der Waals surface area contributed by atoms with Crippen LogP contribution in [0.15, 0.2) is 30.3 Å². The molecule has 1 aliphatic heterocycles. The topological polar surface area (TPSA) is 51.4 Å². The van der Waals surface area contributed by atoms with Gasteiger partial charge in [0.05, 0.1) is 12.8 Å². The summed E-state index contributed by atoms with van der Waals surface area (Å²) < 4.78 is 5.70. The lowest BCUT2D eigenvalue weighted by Crippen LogP contribution is -2.27. The molecule has 0 aliphatic carbocycles. The molecular weight excluding hydrogens is 322 g/mol. The Balaban J connectivity index is 1.84. The number of nitrogens with two attached hydrogens (primary N) is 1. The number of nitrogens with zero attached hydrogens (tertiary/aromatic N) is 2. The Morgan fingerprint density at radius 2 is 1.85 bits per heavy atom. The smallest absolute Gasteiger partial charge is 0.128 e. The Morgan fingerprint density at radius 1 is 1.08 bits per heavy atom. The van der Waals surface area contributed by atoms with E-state index in [-0.39, 0.29) is 0 Å². The molecule has 1 fully saturated rings. The zero-order valence-electron chi connectivity index (χ0n) is 16.1. The molecule has 1 aromatic heterocycles. The molecule has 4 heteroatoms. The number of aromatic nitrogens is 1. The van der Waals surface area contributed by atoms with E-state index < -0.39 is 0 Å². The Bertz CT molecular complexity index is 721. The zero-order chi connectivity index (χ0) is 18.4. The van der Waals surface area contributed by atoms with Crippen molar-refractivity contribution in [1.82, 2.24) is 9.88 Å². The van der Waals surface area contributed by atoms with E-state index in [9.17, 15) is 0 Å². The molecule has 2 aromatic rings. The number of rotatable bonds is 6. The number of likely N-dealkylation sites (tertiary alicyclic amines) is 1. The lowest BCUT2D eigenvalue weighted by Gasteiger charge is -2.21. The molecule has 0 unspecified atom stereocenters. The van der Waals surface area contributed by atoms with Crippen molar-refractivity contribution >= 4 is 5.82 Å². The van der Waals surface area contributed by atoms with Crippen molar-refractivity contribution in [3.05, 3.63) is 41.5 Å². The van der Waals surface area contributed by atoms with Crippen LogP contribution in [0.3, 0.4) is 0 Å². The highest BCUT2D eigenvalue weighted by Gasteiger charge is 2.14. The number of methoxy groups -OCH3 is 1. The van der Waals surface area contributed by atoms with Crippen molar-refractivity contribution < 1.29 is 4.74 Å². The van der Waals surface area contributed by atoms with E-state index in [1.165, 1.54) is 49.9 Å². The van der Waals surface area contributed by atoms with Crippen molar-refractivity contribution in [2.75, 3.05) is 32.5 Å². The van der Waals surface area contributed by atoms with E-state index in [0.717, 1.165) is 36.4 Å². The van der Waals surface area contributed by atoms with Crippen LogP contribution in [0, 0.1) is 0 Å². The molecule has 0 radical (unpaired) electrons. The molecule has 2 heterocycles. The molecule has 3 rings (SSSR count). The highest BCUT2D eigenvalue weighted by atomic mass is 16.5. The summed E-state index contributed by atoms with van der Waals surface area (Å²) in [6.07, 6.45) is 7.52. The number of nitrogen functional groups attached to an aromatic ring is 1. The van der Waals surface area contributed by atoms with Gasteiger partial charge in [-0.1, -0.05) is 25.8 Å². The summed E-state index contributed by atoms with van der Waals surface area (Å²) in [5.41, 5.74) is 10.5. The van der Waals surface area contributed by atoms with E-state index in [0.29, 0.717) is 5.82 Å². The summed E-state index contributed by atoms with van der Waals surface area (Å²) in [7, 11) is 1.73. The van der Waals surface area contributed by atoms with Crippen LogP contribution in [0.25, 0.3) is 11.3 Å². The fourth-order valence-electron chi connectivity index (χ4n) is 3.84. The number of ether oxygens (including phenoxy) is 1. The third-order valence-corrected chi connectivity index (χ3v) is 5.35. The predicted octanol–water partition coefficient (Wildman–Crippen LogP) is 4.32. The van der Waals surface area contributed by atoms with Crippen LogP contribution in [-0.2, 0) is 12.8 Å². The summed E-state index contributed by atoms with van der Waals surface area (Å²) in [5.74, 6) is 1.42. The van der Waals surface area contributed by atoms with Gasteiger partial charge in [0.1, 0.15) is 11.6 Å². The highest BCUT2D eigenvalue weighted by Crippen LogP contribution is 2.33. The fourth-order valence-corrected chi connectivity index (χ4v) is 3.84. The second-order valence-electron chi connectivity index (χ2n) is 7.13. The van der Waals surface area contributed by atoms with Gasteiger partial charge in [0, 0.05) is 12.1 Å². The maximum atomic E-state index is 5.87. The minimum absolute atomic E-state index is 0.535. The third kappa shape index (κ3) is 4.55. The average molecular weight is 354 g/mol. The van der Waals surface area contributed by atoms with Gasteiger partial charge in [0.15, 0.2) is 0 Å². The van der Waals surface area contributed by atoms with Gasteiger partial charge in [0.25, 0.3) is 0 Å². The standard InChI is InChI=1S/C22H31N3O/c1-3-17-15-19(20-9-8-10-22(23)24-20)21(26-2)16-18(17)11-14-25-12-6-4-5-7-13-25/h8-10,15-16H,3-7,11-14H2,1-2H3,(H2,23,24). The van der Waals surface area contributed by atoms with Crippen molar-refractivity contribution in [2.24, 2.45) is 0 Å². The molecular formula is C22H31N3O. The highest BCUT2D eigenvalue weighted by molar-refractivity contribution is 5.70. The molecule has 26 heavy (non-hydrogen) atoms. The van der Waals surface area contributed by atoms with Gasteiger partial charge < -0.3 is 15.4 Å². The van der Waals surface area contributed by atoms with E-state index in [4.69, 9.17) is 10.5 Å². The molecule has 2 N–H and O–H groups in total. The molecule has 0 bridgehead atoms. The quantitative estimate of drug-likeness (QED) is 0.840. The number of anilines is 1. The van der Waals surface area contributed by atoms with Gasteiger partial charge in [-0.15, -0.1) is 0 Å². The maximum Gasteiger partial charge on any atom is 0.128 e. The van der Waals surface area contributed by atoms with Gasteiger partial charge in [-0.3, -0.25) is 0 Å².